The molecule has 0 aromatic heterocycles. The zero-order valence-electron chi connectivity index (χ0n) is 8.52. The van der Waals surface area contributed by atoms with Crippen molar-refractivity contribution in [3.05, 3.63) is 27.7 Å². The summed E-state index contributed by atoms with van der Waals surface area (Å²) in [7, 11) is 1.63. The standard InChI is InChI=1S/C11H13Cl2NO/c1-15-11-8(10-3-2-4-14-10)5-7(12)6-9(11)13/h5-6,10,14H,2-4H2,1H3/t10-/m0/s1. The fraction of sp³-hybridized carbons (Fsp3) is 0.455. The molecule has 0 amide bonds. The van der Waals surface area contributed by atoms with Crippen LogP contribution >= 0.6 is 23.2 Å². The van der Waals surface area contributed by atoms with Crippen LogP contribution in [0.15, 0.2) is 12.1 Å². The second-order valence-corrected chi connectivity index (χ2v) is 4.50. The molecular formula is C11H13Cl2NO. The van der Waals surface area contributed by atoms with Crippen LogP contribution < -0.4 is 10.1 Å². The fourth-order valence-electron chi connectivity index (χ4n) is 2.00. The van der Waals surface area contributed by atoms with Crippen LogP contribution in [0.25, 0.3) is 0 Å². The van der Waals surface area contributed by atoms with E-state index in [0.29, 0.717) is 16.1 Å². The van der Waals surface area contributed by atoms with Gasteiger partial charge in [0.1, 0.15) is 5.75 Å². The van der Waals surface area contributed by atoms with Crippen molar-refractivity contribution in [2.24, 2.45) is 0 Å². The normalized spacial score (nSPS) is 20.6. The number of hydrogen-bond acceptors (Lipinski definition) is 2. The lowest BCUT2D eigenvalue weighted by Gasteiger charge is -2.16. The monoisotopic (exact) mass is 245 g/mol. The highest BCUT2D eigenvalue weighted by molar-refractivity contribution is 6.35. The Morgan fingerprint density at radius 1 is 1.40 bits per heavy atom. The summed E-state index contributed by atoms with van der Waals surface area (Å²) in [5, 5.41) is 4.64. The topological polar surface area (TPSA) is 21.3 Å². The van der Waals surface area contributed by atoms with E-state index in [4.69, 9.17) is 27.9 Å². The second-order valence-electron chi connectivity index (χ2n) is 3.66. The molecule has 2 nitrogen and oxygen atoms in total. The lowest BCUT2D eigenvalue weighted by molar-refractivity contribution is 0.403. The van der Waals surface area contributed by atoms with Crippen LogP contribution in [0.4, 0.5) is 0 Å². The number of methoxy groups -OCH3 is 1. The van der Waals surface area contributed by atoms with Gasteiger partial charge in [0.25, 0.3) is 0 Å². The van der Waals surface area contributed by atoms with Crippen LogP contribution in [0, 0.1) is 0 Å². The van der Waals surface area contributed by atoms with Gasteiger partial charge in [0.15, 0.2) is 0 Å². The van der Waals surface area contributed by atoms with Gasteiger partial charge < -0.3 is 10.1 Å². The van der Waals surface area contributed by atoms with E-state index < -0.39 is 0 Å². The summed E-state index contributed by atoms with van der Waals surface area (Å²) in [5.41, 5.74) is 1.06. The Labute approximate surface area is 99.5 Å². The molecule has 15 heavy (non-hydrogen) atoms. The molecule has 1 aliphatic heterocycles. The van der Waals surface area contributed by atoms with Crippen LogP contribution in [0.3, 0.4) is 0 Å². The molecule has 1 N–H and O–H groups in total. The Morgan fingerprint density at radius 2 is 2.20 bits per heavy atom. The molecule has 1 fully saturated rings. The molecule has 82 valence electrons. The maximum absolute atomic E-state index is 6.08. The SMILES string of the molecule is COc1c(Cl)cc(Cl)cc1[C@@H]1CCCN1. The van der Waals surface area contributed by atoms with Gasteiger partial charge in [0, 0.05) is 16.6 Å². The third-order valence-corrected chi connectivity index (χ3v) is 3.18. The van der Waals surface area contributed by atoms with Crippen LogP contribution in [-0.2, 0) is 0 Å². The molecule has 1 heterocycles. The summed E-state index contributed by atoms with van der Waals surface area (Å²) >= 11 is 12.1. The van der Waals surface area contributed by atoms with E-state index in [9.17, 15) is 0 Å². The predicted molar refractivity (Wildman–Crippen MR) is 63.0 cm³/mol. The van der Waals surface area contributed by atoms with E-state index in [1.807, 2.05) is 6.07 Å². The highest BCUT2D eigenvalue weighted by atomic mass is 35.5. The predicted octanol–water partition coefficient (Wildman–Crippen LogP) is 3.43. The van der Waals surface area contributed by atoms with Crippen molar-refractivity contribution in [3.8, 4) is 5.75 Å². The lowest BCUT2D eigenvalue weighted by Crippen LogP contribution is -2.14. The zero-order valence-corrected chi connectivity index (χ0v) is 10.0. The van der Waals surface area contributed by atoms with Crippen molar-refractivity contribution >= 4 is 23.2 Å². The van der Waals surface area contributed by atoms with E-state index >= 15 is 0 Å². The Balaban J connectivity index is 2.42. The Morgan fingerprint density at radius 3 is 2.80 bits per heavy atom. The minimum Gasteiger partial charge on any atom is -0.495 e. The van der Waals surface area contributed by atoms with Crippen molar-refractivity contribution in [2.45, 2.75) is 18.9 Å². The third kappa shape index (κ3) is 2.22. The van der Waals surface area contributed by atoms with Gasteiger partial charge in [-0.15, -0.1) is 0 Å². The molecule has 1 aromatic rings. The van der Waals surface area contributed by atoms with E-state index in [2.05, 4.69) is 5.32 Å². The van der Waals surface area contributed by atoms with Gasteiger partial charge in [-0.3, -0.25) is 0 Å². The zero-order chi connectivity index (χ0) is 10.8. The second kappa shape index (κ2) is 4.60. The minimum atomic E-state index is 0.316. The molecule has 0 saturated carbocycles. The summed E-state index contributed by atoms with van der Waals surface area (Å²) in [6, 6.07) is 3.95. The molecule has 2 rings (SSSR count). The van der Waals surface area contributed by atoms with Crippen molar-refractivity contribution in [1.29, 1.82) is 0 Å². The molecule has 4 heteroatoms. The van der Waals surface area contributed by atoms with Gasteiger partial charge in [-0.25, -0.2) is 0 Å². The summed E-state index contributed by atoms with van der Waals surface area (Å²) in [5.74, 6) is 0.737. The first-order valence-electron chi connectivity index (χ1n) is 4.98. The van der Waals surface area contributed by atoms with Gasteiger partial charge in [-0.05, 0) is 31.5 Å². The quantitative estimate of drug-likeness (QED) is 0.863. The summed E-state index contributed by atoms with van der Waals surface area (Å²) in [6.07, 6.45) is 2.28. The maximum Gasteiger partial charge on any atom is 0.142 e. The van der Waals surface area contributed by atoms with Gasteiger partial charge in [0.2, 0.25) is 0 Å². The number of rotatable bonds is 2. The smallest absolute Gasteiger partial charge is 0.142 e. The van der Waals surface area contributed by atoms with Crippen LogP contribution in [0.5, 0.6) is 5.75 Å². The van der Waals surface area contributed by atoms with Crippen molar-refractivity contribution in [2.75, 3.05) is 13.7 Å². The minimum absolute atomic E-state index is 0.316. The fourth-order valence-corrected chi connectivity index (χ4v) is 2.59. The molecule has 1 aliphatic rings. The number of benzene rings is 1. The Kier molecular flexibility index (Phi) is 3.39. The average Bonchev–Trinajstić information content (AvgIpc) is 2.69. The molecule has 0 radical (unpaired) electrons. The summed E-state index contributed by atoms with van der Waals surface area (Å²) < 4.78 is 5.31. The first-order chi connectivity index (χ1) is 7.22. The average molecular weight is 246 g/mol. The summed E-state index contributed by atoms with van der Waals surface area (Å²) in [6.45, 7) is 1.04. The van der Waals surface area contributed by atoms with Crippen molar-refractivity contribution in [3.63, 3.8) is 0 Å². The van der Waals surface area contributed by atoms with Gasteiger partial charge >= 0.3 is 0 Å². The number of halogens is 2. The van der Waals surface area contributed by atoms with E-state index in [0.717, 1.165) is 24.3 Å². The number of hydrogen-bond donors (Lipinski definition) is 1. The van der Waals surface area contributed by atoms with Crippen LogP contribution in [0.2, 0.25) is 10.0 Å². The highest BCUT2D eigenvalue weighted by Gasteiger charge is 2.21. The third-order valence-electron chi connectivity index (χ3n) is 2.68. The number of ether oxygens (including phenoxy) is 1. The highest BCUT2D eigenvalue weighted by Crippen LogP contribution is 2.38. The maximum atomic E-state index is 6.08. The molecule has 0 spiro atoms. The Hall–Kier alpha value is -0.440. The van der Waals surface area contributed by atoms with Crippen LogP contribution in [0.1, 0.15) is 24.4 Å². The first-order valence-corrected chi connectivity index (χ1v) is 5.74. The van der Waals surface area contributed by atoms with Crippen molar-refractivity contribution in [1.82, 2.24) is 5.32 Å². The van der Waals surface area contributed by atoms with Crippen molar-refractivity contribution < 1.29 is 4.74 Å². The molecule has 0 bridgehead atoms. The molecule has 1 aromatic carbocycles. The van der Waals surface area contributed by atoms with Gasteiger partial charge in [0.05, 0.1) is 12.1 Å². The lowest BCUT2D eigenvalue weighted by atomic mass is 10.0. The molecule has 1 atom stereocenters. The van der Waals surface area contributed by atoms with Gasteiger partial charge in [-0.1, -0.05) is 23.2 Å². The van der Waals surface area contributed by atoms with E-state index in [-0.39, 0.29) is 0 Å². The van der Waals surface area contributed by atoms with E-state index in [1.54, 1.807) is 13.2 Å². The van der Waals surface area contributed by atoms with E-state index in [1.165, 1.54) is 6.42 Å². The largest absolute Gasteiger partial charge is 0.495 e. The van der Waals surface area contributed by atoms with Crippen LogP contribution in [-0.4, -0.2) is 13.7 Å². The number of nitrogens with one attached hydrogen (secondary N) is 1. The molecule has 0 unspecified atom stereocenters. The Bertz CT molecular complexity index is 362. The molecular weight excluding hydrogens is 233 g/mol. The molecule has 0 aliphatic carbocycles. The summed E-state index contributed by atoms with van der Waals surface area (Å²) in [4.78, 5) is 0. The van der Waals surface area contributed by atoms with Gasteiger partial charge in [-0.2, -0.15) is 0 Å². The molecule has 1 saturated heterocycles. The first kappa shape index (κ1) is 11.1.